The average Bonchev–Trinajstić information content (AvgIpc) is 2.36. The average molecular weight is 362 g/mol. The Morgan fingerprint density at radius 1 is 1.11 bits per heavy atom. The van der Waals surface area contributed by atoms with Gasteiger partial charge in [0.25, 0.3) is 5.69 Å². The van der Waals surface area contributed by atoms with Crippen LogP contribution in [0.15, 0.2) is 40.9 Å². The number of nitrogens with zero attached hydrogens (tertiary/aromatic N) is 1. The number of hydrogen-bond acceptors (Lipinski definition) is 3. The molecule has 0 atom stereocenters. The molecule has 0 aliphatic rings. The predicted octanol–water partition coefficient (Wildman–Crippen LogP) is 5.41. The van der Waals surface area contributed by atoms with Crippen molar-refractivity contribution in [1.82, 2.24) is 0 Å². The Labute approximate surface area is 127 Å². The van der Waals surface area contributed by atoms with Crippen molar-refractivity contribution in [2.24, 2.45) is 0 Å². The second-order valence-corrected chi connectivity index (χ2v) is 5.40. The molecule has 0 spiro atoms. The molecule has 0 amide bonds. The number of anilines is 2. The highest BCUT2D eigenvalue weighted by molar-refractivity contribution is 9.10. The fourth-order valence-electron chi connectivity index (χ4n) is 1.49. The van der Waals surface area contributed by atoms with E-state index in [4.69, 9.17) is 23.2 Å². The molecule has 0 saturated carbocycles. The van der Waals surface area contributed by atoms with Crippen LogP contribution in [0, 0.1) is 10.1 Å². The molecule has 0 unspecified atom stereocenters. The summed E-state index contributed by atoms with van der Waals surface area (Å²) in [6.07, 6.45) is 0. The molecule has 0 heterocycles. The van der Waals surface area contributed by atoms with E-state index in [-0.39, 0.29) is 5.69 Å². The third-order valence-corrected chi connectivity index (χ3v) is 3.59. The van der Waals surface area contributed by atoms with Gasteiger partial charge in [0.05, 0.1) is 15.0 Å². The topological polar surface area (TPSA) is 55.2 Å². The van der Waals surface area contributed by atoms with Gasteiger partial charge in [-0.3, -0.25) is 10.1 Å². The molecule has 0 saturated heterocycles. The quantitative estimate of drug-likeness (QED) is 0.587. The minimum Gasteiger partial charge on any atom is -0.350 e. The molecule has 0 aromatic heterocycles. The van der Waals surface area contributed by atoms with Gasteiger partial charge in [0, 0.05) is 16.2 Å². The minimum atomic E-state index is -0.454. The first-order valence-corrected chi connectivity index (χ1v) is 6.68. The van der Waals surface area contributed by atoms with E-state index in [1.54, 1.807) is 30.3 Å². The third kappa shape index (κ3) is 3.37. The summed E-state index contributed by atoms with van der Waals surface area (Å²) in [5.74, 6) is 0. The zero-order valence-electron chi connectivity index (χ0n) is 9.36. The molecule has 0 bridgehead atoms. The summed E-state index contributed by atoms with van der Waals surface area (Å²) in [6, 6.07) is 9.68. The molecular formula is C12H7BrCl2N2O2. The molecular weight excluding hydrogens is 355 g/mol. The molecule has 2 rings (SSSR count). The SMILES string of the molecule is O=[N+]([O-])c1cc(Br)ccc1Nc1ccc(Cl)c(Cl)c1. The third-order valence-electron chi connectivity index (χ3n) is 2.36. The van der Waals surface area contributed by atoms with Crippen molar-refractivity contribution in [1.29, 1.82) is 0 Å². The summed E-state index contributed by atoms with van der Waals surface area (Å²) in [5, 5.41) is 14.7. The van der Waals surface area contributed by atoms with Gasteiger partial charge in [-0.25, -0.2) is 0 Å². The highest BCUT2D eigenvalue weighted by atomic mass is 79.9. The van der Waals surface area contributed by atoms with Crippen LogP contribution in [0.2, 0.25) is 10.0 Å². The van der Waals surface area contributed by atoms with E-state index in [1.165, 1.54) is 6.07 Å². The number of benzene rings is 2. The van der Waals surface area contributed by atoms with Crippen molar-refractivity contribution in [3.05, 3.63) is 61.0 Å². The lowest BCUT2D eigenvalue weighted by atomic mass is 10.2. The molecule has 0 aliphatic heterocycles. The summed E-state index contributed by atoms with van der Waals surface area (Å²) < 4.78 is 0.638. The van der Waals surface area contributed by atoms with Gasteiger partial charge in [0.1, 0.15) is 5.69 Å². The zero-order valence-corrected chi connectivity index (χ0v) is 12.5. The van der Waals surface area contributed by atoms with Gasteiger partial charge in [-0.1, -0.05) is 39.1 Å². The van der Waals surface area contributed by atoms with E-state index >= 15 is 0 Å². The molecule has 7 heteroatoms. The minimum absolute atomic E-state index is 0.0274. The second-order valence-electron chi connectivity index (χ2n) is 3.67. The number of halogens is 3. The van der Waals surface area contributed by atoms with Crippen LogP contribution in [-0.4, -0.2) is 4.92 Å². The molecule has 4 nitrogen and oxygen atoms in total. The van der Waals surface area contributed by atoms with Crippen LogP contribution in [0.3, 0.4) is 0 Å². The first kappa shape index (κ1) is 14.1. The molecule has 0 fully saturated rings. The van der Waals surface area contributed by atoms with E-state index < -0.39 is 4.92 Å². The summed E-state index contributed by atoms with van der Waals surface area (Å²) in [6.45, 7) is 0. The highest BCUT2D eigenvalue weighted by Gasteiger charge is 2.14. The fourth-order valence-corrected chi connectivity index (χ4v) is 2.14. The van der Waals surface area contributed by atoms with E-state index in [2.05, 4.69) is 21.2 Å². The van der Waals surface area contributed by atoms with Gasteiger partial charge in [0.15, 0.2) is 0 Å². The Morgan fingerprint density at radius 2 is 1.84 bits per heavy atom. The van der Waals surface area contributed by atoms with E-state index in [0.29, 0.717) is 25.9 Å². The maximum absolute atomic E-state index is 11.0. The lowest BCUT2D eigenvalue weighted by Gasteiger charge is -2.08. The van der Waals surface area contributed by atoms with Gasteiger partial charge in [-0.05, 0) is 30.3 Å². The summed E-state index contributed by atoms with van der Waals surface area (Å²) in [5.41, 5.74) is 0.979. The van der Waals surface area contributed by atoms with Gasteiger partial charge >= 0.3 is 0 Å². The molecule has 2 aromatic carbocycles. The van der Waals surface area contributed by atoms with E-state index in [0.717, 1.165) is 0 Å². The van der Waals surface area contributed by atoms with Crippen molar-refractivity contribution >= 4 is 56.2 Å². The van der Waals surface area contributed by atoms with Gasteiger partial charge < -0.3 is 5.32 Å². The Balaban J connectivity index is 2.37. The second kappa shape index (κ2) is 5.77. The highest BCUT2D eigenvalue weighted by Crippen LogP contribution is 2.32. The molecule has 0 radical (unpaired) electrons. The van der Waals surface area contributed by atoms with Crippen LogP contribution in [0.1, 0.15) is 0 Å². The van der Waals surface area contributed by atoms with Crippen molar-refractivity contribution < 1.29 is 4.92 Å². The van der Waals surface area contributed by atoms with Gasteiger partial charge in [0.2, 0.25) is 0 Å². The molecule has 1 N–H and O–H groups in total. The van der Waals surface area contributed by atoms with Crippen LogP contribution in [-0.2, 0) is 0 Å². The first-order chi connectivity index (χ1) is 8.97. The summed E-state index contributed by atoms with van der Waals surface area (Å²) in [7, 11) is 0. The molecule has 2 aromatic rings. The molecule has 98 valence electrons. The number of nitro groups is 1. The number of rotatable bonds is 3. The Bertz CT molecular complexity index is 650. The number of nitro benzene ring substituents is 1. The van der Waals surface area contributed by atoms with Crippen molar-refractivity contribution in [2.75, 3.05) is 5.32 Å². The largest absolute Gasteiger partial charge is 0.350 e. The maximum Gasteiger partial charge on any atom is 0.293 e. The van der Waals surface area contributed by atoms with Crippen LogP contribution in [0.4, 0.5) is 17.1 Å². The zero-order chi connectivity index (χ0) is 14.0. The fraction of sp³-hybridized carbons (Fsp3) is 0. The van der Waals surface area contributed by atoms with Gasteiger partial charge in [-0.2, -0.15) is 0 Å². The van der Waals surface area contributed by atoms with E-state index in [9.17, 15) is 10.1 Å². The van der Waals surface area contributed by atoms with Crippen molar-refractivity contribution in [3.8, 4) is 0 Å². The summed E-state index contributed by atoms with van der Waals surface area (Å²) >= 11 is 14.9. The normalized spacial score (nSPS) is 10.3. The van der Waals surface area contributed by atoms with Gasteiger partial charge in [-0.15, -0.1) is 0 Å². The lowest BCUT2D eigenvalue weighted by molar-refractivity contribution is -0.384. The first-order valence-electron chi connectivity index (χ1n) is 5.13. The van der Waals surface area contributed by atoms with Crippen LogP contribution in [0.25, 0.3) is 0 Å². The lowest BCUT2D eigenvalue weighted by Crippen LogP contribution is -1.97. The maximum atomic E-state index is 11.0. The Hall–Kier alpha value is -1.30. The Morgan fingerprint density at radius 3 is 2.47 bits per heavy atom. The number of hydrogen-bond donors (Lipinski definition) is 1. The van der Waals surface area contributed by atoms with E-state index in [1.807, 2.05) is 0 Å². The predicted molar refractivity (Wildman–Crippen MR) is 80.5 cm³/mol. The van der Waals surface area contributed by atoms with Crippen LogP contribution in [0.5, 0.6) is 0 Å². The monoisotopic (exact) mass is 360 g/mol. The molecule has 19 heavy (non-hydrogen) atoms. The van der Waals surface area contributed by atoms with Crippen molar-refractivity contribution in [3.63, 3.8) is 0 Å². The van der Waals surface area contributed by atoms with Crippen molar-refractivity contribution in [2.45, 2.75) is 0 Å². The van der Waals surface area contributed by atoms with Crippen LogP contribution >= 0.6 is 39.1 Å². The number of nitrogens with one attached hydrogen (secondary N) is 1. The molecule has 0 aliphatic carbocycles. The standard InChI is InChI=1S/C12H7BrCl2N2O2/c13-7-1-4-11(12(5-7)17(18)19)16-8-2-3-9(14)10(15)6-8/h1-6,16H. The van der Waals surface area contributed by atoms with Crippen LogP contribution < -0.4 is 5.32 Å². The summed E-state index contributed by atoms with van der Waals surface area (Å²) in [4.78, 5) is 10.5. The smallest absolute Gasteiger partial charge is 0.293 e. The Kier molecular flexibility index (Phi) is 4.29.